The molecule has 1 rings (SSSR count). The van der Waals surface area contributed by atoms with Crippen molar-refractivity contribution in [2.75, 3.05) is 6.54 Å². The van der Waals surface area contributed by atoms with Gasteiger partial charge in [-0.1, -0.05) is 12.2 Å². The molecule has 1 heterocycles. The monoisotopic (exact) mass is 226 g/mol. The van der Waals surface area contributed by atoms with E-state index in [2.05, 4.69) is 45.2 Å². The Labute approximate surface area is 99.5 Å². The minimum absolute atomic E-state index is 0.157. The van der Waals surface area contributed by atoms with E-state index in [0.717, 1.165) is 19.4 Å². The summed E-state index contributed by atoms with van der Waals surface area (Å²) in [6.07, 6.45) is 6.14. The molecule has 0 spiro atoms. The van der Waals surface area contributed by atoms with Crippen molar-refractivity contribution in [1.29, 1.82) is 0 Å². The molecule has 3 heteroatoms. The van der Waals surface area contributed by atoms with Gasteiger partial charge in [0.25, 0.3) is 0 Å². The molecule has 0 aromatic rings. The van der Waals surface area contributed by atoms with Gasteiger partial charge in [-0.05, 0) is 47.5 Å². The smallest absolute Gasteiger partial charge is 0.0425 e. The molecule has 0 aromatic carbocycles. The lowest BCUT2D eigenvalue weighted by atomic mass is 9.79. The minimum atomic E-state index is -0.157. The Morgan fingerprint density at radius 1 is 1.25 bits per heavy atom. The van der Waals surface area contributed by atoms with Crippen molar-refractivity contribution in [1.82, 2.24) is 10.4 Å². The zero-order valence-electron chi connectivity index (χ0n) is 11.2. The van der Waals surface area contributed by atoms with Crippen LogP contribution in [0, 0.1) is 0 Å². The van der Waals surface area contributed by atoms with Gasteiger partial charge in [0.2, 0.25) is 0 Å². The predicted octanol–water partition coefficient (Wildman–Crippen LogP) is 2.56. The molecule has 1 saturated heterocycles. The van der Waals surface area contributed by atoms with Crippen molar-refractivity contribution in [3.63, 3.8) is 0 Å². The lowest BCUT2D eigenvalue weighted by Crippen LogP contribution is -2.62. The van der Waals surface area contributed by atoms with E-state index in [-0.39, 0.29) is 11.1 Å². The largest absolute Gasteiger partial charge is 0.313 e. The lowest BCUT2D eigenvalue weighted by Gasteiger charge is -2.51. The van der Waals surface area contributed by atoms with Crippen molar-refractivity contribution >= 4 is 0 Å². The molecule has 1 aliphatic heterocycles. The molecule has 1 aliphatic rings. The van der Waals surface area contributed by atoms with E-state index in [1.54, 1.807) is 0 Å². The Morgan fingerprint density at radius 3 is 2.19 bits per heavy atom. The van der Waals surface area contributed by atoms with Gasteiger partial charge in [0, 0.05) is 23.7 Å². The van der Waals surface area contributed by atoms with Gasteiger partial charge in [0.15, 0.2) is 0 Å². The van der Waals surface area contributed by atoms with Crippen molar-refractivity contribution in [3.05, 3.63) is 12.2 Å². The topological polar surface area (TPSA) is 35.5 Å². The fourth-order valence-electron chi connectivity index (χ4n) is 2.77. The second-order valence-electron chi connectivity index (χ2n) is 6.02. The molecule has 0 radical (unpaired) electrons. The first-order valence-electron chi connectivity index (χ1n) is 6.13. The fraction of sp³-hybridized carbons (Fsp3) is 0.846. The molecular weight excluding hydrogens is 200 g/mol. The Balaban J connectivity index is 2.63. The van der Waals surface area contributed by atoms with Crippen LogP contribution >= 0.6 is 0 Å². The van der Waals surface area contributed by atoms with Gasteiger partial charge in [-0.2, -0.15) is 5.06 Å². The second-order valence-corrected chi connectivity index (χ2v) is 6.02. The number of allylic oxidation sites excluding steroid dienone is 1. The maximum absolute atomic E-state index is 10.1. The van der Waals surface area contributed by atoms with Gasteiger partial charge in [0.05, 0.1) is 0 Å². The number of piperidine rings is 1. The maximum Gasteiger partial charge on any atom is 0.0425 e. The second kappa shape index (κ2) is 4.86. The van der Waals surface area contributed by atoms with Crippen molar-refractivity contribution < 1.29 is 5.21 Å². The van der Waals surface area contributed by atoms with E-state index >= 15 is 0 Å². The van der Waals surface area contributed by atoms with Crippen LogP contribution in [0.25, 0.3) is 0 Å². The van der Waals surface area contributed by atoms with Gasteiger partial charge in [-0.25, -0.2) is 0 Å². The molecule has 16 heavy (non-hydrogen) atoms. The molecular formula is C13H26N2O. The van der Waals surface area contributed by atoms with Gasteiger partial charge in [-0.15, -0.1) is 0 Å². The summed E-state index contributed by atoms with van der Waals surface area (Å²) in [5.74, 6) is 0. The zero-order valence-corrected chi connectivity index (χ0v) is 11.2. The standard InChI is InChI=1S/C13H26N2O/c1-6-7-8-14-11-9-12(2,3)15(16)13(4,5)10-11/h6-7,11,14,16H,8-10H2,1-5H3/b7-6+. The summed E-state index contributed by atoms with van der Waals surface area (Å²) < 4.78 is 0. The van der Waals surface area contributed by atoms with Crippen LogP contribution in [0.5, 0.6) is 0 Å². The van der Waals surface area contributed by atoms with Gasteiger partial charge in [0.1, 0.15) is 0 Å². The van der Waals surface area contributed by atoms with E-state index in [9.17, 15) is 5.21 Å². The highest BCUT2D eigenvalue weighted by atomic mass is 16.5. The first kappa shape index (κ1) is 13.7. The molecule has 3 nitrogen and oxygen atoms in total. The molecule has 0 bridgehead atoms. The highest BCUT2D eigenvalue weighted by molar-refractivity contribution is 4.99. The van der Waals surface area contributed by atoms with Crippen LogP contribution in [-0.2, 0) is 0 Å². The average molecular weight is 226 g/mol. The van der Waals surface area contributed by atoms with Gasteiger partial charge < -0.3 is 10.5 Å². The number of rotatable bonds is 3. The highest BCUT2D eigenvalue weighted by Gasteiger charge is 2.44. The first-order valence-corrected chi connectivity index (χ1v) is 6.13. The van der Waals surface area contributed by atoms with Crippen LogP contribution in [0.4, 0.5) is 0 Å². The molecule has 94 valence electrons. The molecule has 0 atom stereocenters. The van der Waals surface area contributed by atoms with E-state index in [1.807, 2.05) is 6.92 Å². The Hall–Kier alpha value is -0.380. The normalized spacial score (nSPS) is 26.4. The van der Waals surface area contributed by atoms with Crippen molar-refractivity contribution in [3.8, 4) is 0 Å². The van der Waals surface area contributed by atoms with E-state index < -0.39 is 0 Å². The first-order chi connectivity index (χ1) is 7.29. The summed E-state index contributed by atoms with van der Waals surface area (Å²) in [5, 5.41) is 15.2. The van der Waals surface area contributed by atoms with Crippen molar-refractivity contribution in [2.24, 2.45) is 0 Å². The van der Waals surface area contributed by atoms with Gasteiger partial charge >= 0.3 is 0 Å². The van der Waals surface area contributed by atoms with Crippen LogP contribution in [0.15, 0.2) is 12.2 Å². The maximum atomic E-state index is 10.1. The van der Waals surface area contributed by atoms with E-state index in [1.165, 1.54) is 5.06 Å². The minimum Gasteiger partial charge on any atom is -0.313 e. The number of hydrogen-bond acceptors (Lipinski definition) is 3. The van der Waals surface area contributed by atoms with Crippen LogP contribution in [-0.4, -0.2) is 33.9 Å². The number of nitrogens with zero attached hydrogens (tertiary/aromatic N) is 1. The third kappa shape index (κ3) is 3.06. The number of nitrogens with one attached hydrogen (secondary N) is 1. The van der Waals surface area contributed by atoms with Crippen LogP contribution in [0.1, 0.15) is 47.5 Å². The quantitative estimate of drug-likeness (QED) is 0.726. The lowest BCUT2D eigenvalue weighted by molar-refractivity contribution is -0.246. The molecule has 0 saturated carbocycles. The molecule has 0 amide bonds. The zero-order chi connectivity index (χ0) is 12.4. The SMILES string of the molecule is C/C=C/CNC1CC(C)(C)N(O)C(C)(C)C1. The van der Waals surface area contributed by atoms with Crippen LogP contribution in [0.3, 0.4) is 0 Å². The summed E-state index contributed by atoms with van der Waals surface area (Å²) in [7, 11) is 0. The van der Waals surface area contributed by atoms with Gasteiger partial charge in [-0.3, -0.25) is 0 Å². The summed E-state index contributed by atoms with van der Waals surface area (Å²) in [4.78, 5) is 0. The summed E-state index contributed by atoms with van der Waals surface area (Å²) in [5.41, 5.74) is -0.315. The summed E-state index contributed by atoms with van der Waals surface area (Å²) >= 11 is 0. The Morgan fingerprint density at radius 2 is 1.75 bits per heavy atom. The predicted molar refractivity (Wildman–Crippen MR) is 67.6 cm³/mol. The molecule has 0 aromatic heterocycles. The Kier molecular flexibility index (Phi) is 4.16. The highest BCUT2D eigenvalue weighted by Crippen LogP contribution is 2.36. The fourth-order valence-corrected chi connectivity index (χ4v) is 2.77. The number of hydroxylamine groups is 2. The van der Waals surface area contributed by atoms with Crippen molar-refractivity contribution in [2.45, 2.75) is 64.6 Å². The average Bonchev–Trinajstić information content (AvgIpc) is 2.14. The summed E-state index contributed by atoms with van der Waals surface area (Å²) in [6, 6.07) is 0.476. The third-order valence-corrected chi connectivity index (χ3v) is 3.40. The number of hydrogen-bond donors (Lipinski definition) is 2. The summed E-state index contributed by atoms with van der Waals surface area (Å²) in [6.45, 7) is 11.3. The molecule has 2 N–H and O–H groups in total. The molecule has 1 fully saturated rings. The molecule has 0 aliphatic carbocycles. The van der Waals surface area contributed by atoms with E-state index in [0.29, 0.717) is 6.04 Å². The van der Waals surface area contributed by atoms with Crippen LogP contribution < -0.4 is 5.32 Å². The molecule has 0 unspecified atom stereocenters. The van der Waals surface area contributed by atoms with E-state index in [4.69, 9.17) is 0 Å². The van der Waals surface area contributed by atoms with Crippen LogP contribution in [0.2, 0.25) is 0 Å². The third-order valence-electron chi connectivity index (χ3n) is 3.40. The Bertz CT molecular complexity index is 241.